The molecule has 19 heavy (non-hydrogen) atoms. The molecule has 9 heteroatoms. The molecule has 3 aromatic rings. The Kier molecular flexibility index (Phi) is 2.88. The molecule has 0 aliphatic rings. The molecule has 0 saturated carbocycles. The molecule has 0 bridgehead atoms. The molecule has 0 saturated heterocycles. The minimum Gasteiger partial charge on any atom is -0.357 e. The second-order valence-electron chi connectivity index (χ2n) is 3.54. The Balaban J connectivity index is 2.08. The van der Waals surface area contributed by atoms with Crippen molar-refractivity contribution in [3.05, 3.63) is 28.9 Å². The highest BCUT2D eigenvalue weighted by Crippen LogP contribution is 2.27. The molecule has 0 atom stereocenters. The van der Waals surface area contributed by atoms with Gasteiger partial charge in [0.1, 0.15) is 10.5 Å². The Labute approximate surface area is 111 Å². The summed E-state index contributed by atoms with van der Waals surface area (Å²) in [6, 6.07) is 1.36. The number of imidazole rings is 1. The van der Waals surface area contributed by atoms with Gasteiger partial charge in [-0.3, -0.25) is 4.79 Å². The molecule has 3 heterocycles. The van der Waals surface area contributed by atoms with E-state index in [2.05, 4.69) is 35.2 Å². The van der Waals surface area contributed by atoms with Crippen molar-refractivity contribution < 1.29 is 0 Å². The summed E-state index contributed by atoms with van der Waals surface area (Å²) in [5.74, 6) is 0.459. The fraction of sp³-hybridized carbons (Fsp3) is 0.100. The lowest BCUT2D eigenvalue weighted by molar-refractivity contribution is 0.932. The number of H-pyrrole nitrogens is 2. The van der Waals surface area contributed by atoms with Gasteiger partial charge in [-0.25, -0.2) is 15.0 Å². The lowest BCUT2D eigenvalue weighted by Crippen LogP contribution is -2.05. The lowest BCUT2D eigenvalue weighted by atomic mass is 10.5. The smallest absolute Gasteiger partial charge is 0.251 e. The Morgan fingerprint density at radius 1 is 1.32 bits per heavy atom. The van der Waals surface area contributed by atoms with Gasteiger partial charge in [0, 0.05) is 19.3 Å². The van der Waals surface area contributed by atoms with Crippen molar-refractivity contribution in [2.24, 2.45) is 0 Å². The van der Waals surface area contributed by atoms with Gasteiger partial charge in [-0.15, -0.1) is 0 Å². The highest BCUT2D eigenvalue weighted by atomic mass is 32.2. The van der Waals surface area contributed by atoms with Gasteiger partial charge in [-0.1, -0.05) is 0 Å². The van der Waals surface area contributed by atoms with Crippen molar-refractivity contribution in [3.8, 4) is 0 Å². The monoisotopic (exact) mass is 275 g/mol. The van der Waals surface area contributed by atoms with E-state index in [1.807, 2.05) is 0 Å². The third-order valence-electron chi connectivity index (χ3n) is 2.32. The summed E-state index contributed by atoms with van der Waals surface area (Å²) >= 11 is 1.24. The molecule has 3 N–H and O–H groups in total. The maximum atomic E-state index is 11.2. The van der Waals surface area contributed by atoms with Crippen LogP contribution in [0.4, 0.5) is 5.95 Å². The number of hydrogen-bond acceptors (Lipinski definition) is 7. The minimum absolute atomic E-state index is 0.207. The molecule has 0 aliphatic carbocycles. The summed E-state index contributed by atoms with van der Waals surface area (Å²) in [5.41, 5.74) is 1.05. The number of rotatable bonds is 3. The van der Waals surface area contributed by atoms with Gasteiger partial charge in [0.15, 0.2) is 10.8 Å². The van der Waals surface area contributed by atoms with Crippen LogP contribution in [-0.4, -0.2) is 37.0 Å². The van der Waals surface area contributed by atoms with Gasteiger partial charge in [0.25, 0.3) is 5.56 Å². The van der Waals surface area contributed by atoms with E-state index in [-0.39, 0.29) is 5.56 Å². The van der Waals surface area contributed by atoms with Crippen LogP contribution in [0.15, 0.2) is 33.6 Å². The first kappa shape index (κ1) is 11.7. The van der Waals surface area contributed by atoms with E-state index in [9.17, 15) is 4.79 Å². The van der Waals surface area contributed by atoms with E-state index in [0.717, 1.165) is 0 Å². The Morgan fingerprint density at radius 3 is 3.00 bits per heavy atom. The molecule has 0 spiro atoms. The van der Waals surface area contributed by atoms with E-state index in [1.54, 1.807) is 13.4 Å². The van der Waals surface area contributed by atoms with Gasteiger partial charge >= 0.3 is 0 Å². The van der Waals surface area contributed by atoms with Gasteiger partial charge in [0.2, 0.25) is 5.95 Å². The van der Waals surface area contributed by atoms with Crippen LogP contribution in [0.3, 0.4) is 0 Å². The molecular formula is C10H9N7OS. The average molecular weight is 275 g/mol. The average Bonchev–Trinajstić information content (AvgIpc) is 2.87. The summed E-state index contributed by atoms with van der Waals surface area (Å²) in [6.07, 6.45) is 3.00. The van der Waals surface area contributed by atoms with Crippen molar-refractivity contribution in [1.82, 2.24) is 29.9 Å². The van der Waals surface area contributed by atoms with E-state index in [1.165, 1.54) is 24.0 Å². The number of aromatic nitrogens is 6. The minimum atomic E-state index is -0.207. The second kappa shape index (κ2) is 4.69. The number of fused-ring (bicyclic) bond motifs is 1. The molecule has 3 rings (SSSR count). The van der Waals surface area contributed by atoms with Gasteiger partial charge in [-0.05, 0) is 11.8 Å². The van der Waals surface area contributed by atoms with Crippen molar-refractivity contribution in [2.45, 2.75) is 10.2 Å². The number of nitrogens with zero attached hydrogens (tertiary/aromatic N) is 4. The van der Waals surface area contributed by atoms with E-state index in [4.69, 9.17) is 0 Å². The highest BCUT2D eigenvalue weighted by Gasteiger charge is 2.11. The predicted octanol–water partition coefficient (Wildman–Crippen LogP) is 0.629. The van der Waals surface area contributed by atoms with Crippen LogP contribution in [0.2, 0.25) is 0 Å². The molecule has 8 nitrogen and oxygen atoms in total. The number of anilines is 1. The quantitative estimate of drug-likeness (QED) is 0.474. The maximum Gasteiger partial charge on any atom is 0.251 e. The molecule has 3 aromatic heterocycles. The predicted molar refractivity (Wildman–Crippen MR) is 70.2 cm³/mol. The van der Waals surface area contributed by atoms with E-state index < -0.39 is 0 Å². The zero-order valence-corrected chi connectivity index (χ0v) is 10.7. The first-order valence-corrected chi connectivity index (χ1v) is 6.20. The second-order valence-corrected chi connectivity index (χ2v) is 4.52. The summed E-state index contributed by atoms with van der Waals surface area (Å²) in [7, 11) is 1.73. The molecule has 0 radical (unpaired) electrons. The Hall–Kier alpha value is -2.42. The standard InChI is InChI=1S/C10H9N7OS/c1-11-9-16-7-6(13-4-14-7)8(17-9)19-10-12-3-2-5(18)15-10/h2-4H,1H3,(H,12,15,18)(H2,11,13,14,16,17). The normalized spacial score (nSPS) is 10.8. The van der Waals surface area contributed by atoms with Crippen LogP contribution < -0.4 is 10.9 Å². The van der Waals surface area contributed by atoms with Crippen LogP contribution in [0.25, 0.3) is 11.2 Å². The zero-order valence-electron chi connectivity index (χ0n) is 9.84. The largest absolute Gasteiger partial charge is 0.357 e. The Morgan fingerprint density at radius 2 is 2.21 bits per heavy atom. The van der Waals surface area contributed by atoms with E-state index in [0.29, 0.717) is 27.3 Å². The van der Waals surface area contributed by atoms with Crippen molar-refractivity contribution >= 4 is 28.9 Å². The third-order valence-corrected chi connectivity index (χ3v) is 3.21. The molecule has 0 aliphatic heterocycles. The van der Waals surface area contributed by atoms with Crippen LogP contribution in [0, 0.1) is 0 Å². The molecule has 0 aromatic carbocycles. The van der Waals surface area contributed by atoms with Crippen LogP contribution in [0.5, 0.6) is 0 Å². The number of nitrogens with one attached hydrogen (secondary N) is 3. The topological polar surface area (TPSA) is 112 Å². The van der Waals surface area contributed by atoms with Crippen LogP contribution >= 0.6 is 11.8 Å². The number of aromatic amines is 2. The summed E-state index contributed by atoms with van der Waals surface area (Å²) < 4.78 is 0. The molecular weight excluding hydrogens is 266 g/mol. The highest BCUT2D eigenvalue weighted by molar-refractivity contribution is 7.99. The van der Waals surface area contributed by atoms with Gasteiger partial charge in [0.05, 0.1) is 6.33 Å². The first-order valence-electron chi connectivity index (χ1n) is 5.38. The van der Waals surface area contributed by atoms with Crippen molar-refractivity contribution in [1.29, 1.82) is 0 Å². The lowest BCUT2D eigenvalue weighted by Gasteiger charge is -2.03. The maximum absolute atomic E-state index is 11.2. The van der Waals surface area contributed by atoms with Gasteiger partial charge in [-0.2, -0.15) is 4.98 Å². The third kappa shape index (κ3) is 2.27. The summed E-state index contributed by atoms with van der Waals surface area (Å²) in [6.45, 7) is 0. The molecule has 96 valence electrons. The van der Waals surface area contributed by atoms with Crippen LogP contribution in [-0.2, 0) is 0 Å². The van der Waals surface area contributed by atoms with Gasteiger partial charge < -0.3 is 15.3 Å². The molecule has 0 fully saturated rings. The van der Waals surface area contributed by atoms with Crippen LogP contribution in [0.1, 0.15) is 0 Å². The van der Waals surface area contributed by atoms with E-state index >= 15 is 0 Å². The van der Waals surface area contributed by atoms with Crippen molar-refractivity contribution in [3.63, 3.8) is 0 Å². The fourth-order valence-electron chi connectivity index (χ4n) is 1.49. The fourth-order valence-corrected chi connectivity index (χ4v) is 2.32. The first-order chi connectivity index (χ1) is 9.26. The molecule has 0 unspecified atom stereocenters. The zero-order chi connectivity index (χ0) is 13.2. The molecule has 0 amide bonds. The summed E-state index contributed by atoms with van der Waals surface area (Å²) in [5, 5.41) is 3.97. The SMILES string of the molecule is CNc1nc(Sc2nccc(=O)[nH]2)c2[nH]cnc2n1. The van der Waals surface area contributed by atoms with Crippen molar-refractivity contribution in [2.75, 3.05) is 12.4 Å². The summed E-state index contributed by atoms with van der Waals surface area (Å²) in [4.78, 5) is 33.5. The Bertz CT molecular complexity index is 781. The number of hydrogen-bond donors (Lipinski definition) is 3.